The molecule has 1 aliphatic heterocycles. The molecule has 0 aliphatic carbocycles. The molecule has 0 unspecified atom stereocenters. The molecule has 7 heteroatoms. The van der Waals surface area contributed by atoms with Gasteiger partial charge in [0.15, 0.2) is 0 Å². The number of fused-ring (bicyclic) bond motifs is 1. The van der Waals surface area contributed by atoms with Gasteiger partial charge in [0.05, 0.1) is 30.1 Å². The number of aromatic nitrogens is 2. The molecule has 0 saturated carbocycles. The van der Waals surface area contributed by atoms with E-state index in [1.165, 1.54) is 0 Å². The average Bonchev–Trinajstić information content (AvgIpc) is 3.16. The van der Waals surface area contributed by atoms with E-state index in [1.54, 1.807) is 17.5 Å². The van der Waals surface area contributed by atoms with Gasteiger partial charge in [-0.3, -0.25) is 14.7 Å². The van der Waals surface area contributed by atoms with Crippen molar-refractivity contribution in [2.75, 3.05) is 38.2 Å². The van der Waals surface area contributed by atoms with E-state index >= 15 is 0 Å². The van der Waals surface area contributed by atoms with Crippen LogP contribution in [-0.4, -0.2) is 53.6 Å². The largest absolute Gasteiger partial charge is 0.379 e. The highest BCUT2D eigenvalue weighted by Gasteiger charge is 2.14. The summed E-state index contributed by atoms with van der Waals surface area (Å²) in [7, 11) is 0. The average molecular weight is 354 g/mol. The van der Waals surface area contributed by atoms with Crippen LogP contribution >= 0.6 is 11.3 Å². The predicted molar refractivity (Wildman–Crippen MR) is 98.7 cm³/mol. The minimum atomic E-state index is -0.0487. The maximum atomic E-state index is 12.2. The van der Waals surface area contributed by atoms with E-state index in [2.05, 4.69) is 32.3 Å². The van der Waals surface area contributed by atoms with Gasteiger partial charge in [0.2, 0.25) is 5.91 Å². The van der Waals surface area contributed by atoms with Crippen molar-refractivity contribution < 1.29 is 9.53 Å². The van der Waals surface area contributed by atoms with Gasteiger partial charge in [-0.15, -0.1) is 11.3 Å². The van der Waals surface area contributed by atoms with Crippen molar-refractivity contribution in [1.29, 1.82) is 0 Å². The third kappa shape index (κ3) is 3.84. The molecular weight excluding hydrogens is 336 g/mol. The summed E-state index contributed by atoms with van der Waals surface area (Å²) >= 11 is 1.61. The molecule has 25 heavy (non-hydrogen) atoms. The topological polar surface area (TPSA) is 67.3 Å². The Labute approximate surface area is 149 Å². The zero-order valence-corrected chi connectivity index (χ0v) is 14.5. The number of rotatable bonds is 4. The summed E-state index contributed by atoms with van der Waals surface area (Å²) in [6.45, 7) is 3.31. The maximum absolute atomic E-state index is 12.2. The molecule has 0 bridgehead atoms. The van der Waals surface area contributed by atoms with E-state index < -0.39 is 0 Å². The second-order valence-electron chi connectivity index (χ2n) is 5.93. The maximum Gasteiger partial charge on any atom is 0.239 e. The number of benzene rings is 1. The van der Waals surface area contributed by atoms with Crippen LogP contribution in [0.25, 0.3) is 21.2 Å². The Balaban J connectivity index is 1.50. The molecule has 0 spiro atoms. The van der Waals surface area contributed by atoms with Crippen LogP contribution in [0.3, 0.4) is 0 Å². The number of thiazole rings is 1. The van der Waals surface area contributed by atoms with Crippen LogP contribution in [-0.2, 0) is 9.53 Å². The fraction of sp³-hybridized carbons (Fsp3) is 0.278. The van der Waals surface area contributed by atoms with Crippen molar-refractivity contribution in [3.63, 3.8) is 0 Å². The lowest BCUT2D eigenvalue weighted by atomic mass is 10.1. The van der Waals surface area contributed by atoms with E-state index in [0.717, 1.165) is 34.3 Å². The molecule has 6 nitrogen and oxygen atoms in total. The summed E-state index contributed by atoms with van der Waals surface area (Å²) in [6.07, 6.45) is 3.65. The van der Waals surface area contributed by atoms with Crippen LogP contribution in [0, 0.1) is 0 Å². The van der Waals surface area contributed by atoms with Crippen LogP contribution in [0.4, 0.5) is 5.82 Å². The van der Waals surface area contributed by atoms with Crippen LogP contribution in [0.1, 0.15) is 0 Å². The van der Waals surface area contributed by atoms with Crippen molar-refractivity contribution >= 4 is 33.8 Å². The van der Waals surface area contributed by atoms with Crippen molar-refractivity contribution in [3.05, 3.63) is 42.2 Å². The molecule has 1 fully saturated rings. The monoisotopic (exact) mass is 354 g/mol. The van der Waals surface area contributed by atoms with E-state index in [-0.39, 0.29) is 5.91 Å². The normalized spacial score (nSPS) is 15.4. The third-order valence-electron chi connectivity index (χ3n) is 4.18. The number of carbonyl (C=O) groups excluding carboxylic acids is 1. The molecule has 0 radical (unpaired) electrons. The minimum Gasteiger partial charge on any atom is -0.379 e. The number of pyridine rings is 1. The van der Waals surface area contributed by atoms with E-state index in [0.29, 0.717) is 25.6 Å². The second-order valence-corrected chi connectivity index (χ2v) is 6.82. The lowest BCUT2D eigenvalue weighted by Gasteiger charge is -2.25. The predicted octanol–water partition coefficient (Wildman–Crippen LogP) is 2.63. The molecule has 1 aliphatic rings. The summed E-state index contributed by atoms with van der Waals surface area (Å²) in [6, 6.07) is 8.12. The minimum absolute atomic E-state index is 0.0487. The van der Waals surface area contributed by atoms with Crippen LogP contribution in [0.2, 0.25) is 0 Å². The Morgan fingerprint density at radius 2 is 2.08 bits per heavy atom. The fourth-order valence-electron chi connectivity index (χ4n) is 2.87. The van der Waals surface area contributed by atoms with E-state index in [9.17, 15) is 4.79 Å². The molecule has 0 atom stereocenters. The number of hydrogen-bond donors (Lipinski definition) is 1. The van der Waals surface area contributed by atoms with Crippen LogP contribution in [0.15, 0.2) is 42.2 Å². The van der Waals surface area contributed by atoms with Gasteiger partial charge in [0, 0.05) is 30.9 Å². The first-order valence-electron chi connectivity index (χ1n) is 8.16. The Bertz CT molecular complexity index is 876. The fourth-order valence-corrected chi connectivity index (χ4v) is 3.49. The van der Waals surface area contributed by atoms with Crippen molar-refractivity contribution in [1.82, 2.24) is 14.9 Å². The van der Waals surface area contributed by atoms with Gasteiger partial charge >= 0.3 is 0 Å². The first kappa shape index (κ1) is 16.1. The summed E-state index contributed by atoms with van der Waals surface area (Å²) in [5.41, 5.74) is 2.94. The van der Waals surface area contributed by atoms with E-state index in [4.69, 9.17) is 4.74 Å². The number of ether oxygens (including phenoxy) is 1. The molecule has 3 aromatic rings. The number of amides is 1. The zero-order valence-electron chi connectivity index (χ0n) is 13.6. The summed E-state index contributed by atoms with van der Waals surface area (Å²) in [5, 5.41) is 4.98. The number of anilines is 1. The second kappa shape index (κ2) is 7.26. The molecule has 128 valence electrons. The summed E-state index contributed by atoms with van der Waals surface area (Å²) in [4.78, 5) is 23.9. The first-order valence-corrected chi connectivity index (χ1v) is 9.04. The molecular formula is C18H18N4O2S. The molecule has 1 amide bonds. The van der Waals surface area contributed by atoms with Crippen LogP contribution in [0.5, 0.6) is 0 Å². The Morgan fingerprint density at radius 1 is 1.20 bits per heavy atom. The Kier molecular flexibility index (Phi) is 4.69. The third-order valence-corrected chi connectivity index (χ3v) is 5.00. The van der Waals surface area contributed by atoms with Gasteiger partial charge in [0.1, 0.15) is 5.82 Å². The van der Waals surface area contributed by atoms with Gasteiger partial charge < -0.3 is 10.1 Å². The SMILES string of the molecule is O=C(CN1CCOCC1)Nc1cc2cc(-c3cncs3)ccc2cn1. The smallest absolute Gasteiger partial charge is 0.239 e. The van der Waals surface area contributed by atoms with Gasteiger partial charge in [0.25, 0.3) is 0 Å². The van der Waals surface area contributed by atoms with Gasteiger partial charge in [-0.05, 0) is 23.1 Å². The molecule has 1 aromatic carbocycles. The highest BCUT2D eigenvalue weighted by atomic mass is 32.1. The highest BCUT2D eigenvalue weighted by molar-refractivity contribution is 7.13. The van der Waals surface area contributed by atoms with Crippen molar-refractivity contribution in [2.24, 2.45) is 0 Å². The highest BCUT2D eigenvalue weighted by Crippen LogP contribution is 2.27. The lowest BCUT2D eigenvalue weighted by Crippen LogP contribution is -2.41. The summed E-state index contributed by atoms with van der Waals surface area (Å²) in [5.74, 6) is 0.527. The van der Waals surface area contributed by atoms with Gasteiger partial charge in [-0.2, -0.15) is 0 Å². The molecule has 3 heterocycles. The number of hydrogen-bond acceptors (Lipinski definition) is 6. The Morgan fingerprint density at radius 3 is 2.88 bits per heavy atom. The molecule has 1 saturated heterocycles. The lowest BCUT2D eigenvalue weighted by molar-refractivity contribution is -0.118. The Hall–Kier alpha value is -2.35. The number of morpholine rings is 1. The van der Waals surface area contributed by atoms with Gasteiger partial charge in [-0.25, -0.2) is 4.98 Å². The standard InChI is InChI=1S/C18H18N4O2S/c23-18(11-22-3-5-24-6-4-22)21-17-8-15-7-13(16-10-19-12-25-16)1-2-14(15)9-20-17/h1-2,7-10,12H,3-6,11H2,(H,20,21,23). The van der Waals surface area contributed by atoms with Crippen LogP contribution < -0.4 is 5.32 Å². The zero-order chi connectivity index (χ0) is 17.1. The van der Waals surface area contributed by atoms with Crippen molar-refractivity contribution in [3.8, 4) is 10.4 Å². The number of nitrogens with zero attached hydrogens (tertiary/aromatic N) is 3. The van der Waals surface area contributed by atoms with Crippen molar-refractivity contribution in [2.45, 2.75) is 0 Å². The summed E-state index contributed by atoms with van der Waals surface area (Å²) < 4.78 is 5.30. The number of nitrogens with one attached hydrogen (secondary N) is 1. The molecule has 4 rings (SSSR count). The van der Waals surface area contributed by atoms with E-state index in [1.807, 2.05) is 23.8 Å². The molecule has 1 N–H and O–H groups in total. The quantitative estimate of drug-likeness (QED) is 0.780. The first-order chi connectivity index (χ1) is 12.3. The van der Waals surface area contributed by atoms with Gasteiger partial charge in [-0.1, -0.05) is 12.1 Å². The number of carbonyl (C=O) groups is 1. The molecule has 2 aromatic heterocycles.